The first-order valence-corrected chi connectivity index (χ1v) is 12.6. The molecule has 0 radical (unpaired) electrons. The van der Waals surface area contributed by atoms with Gasteiger partial charge in [0.05, 0.1) is 29.2 Å². The fourth-order valence-corrected chi connectivity index (χ4v) is 5.08. The smallest absolute Gasteiger partial charge is 0.143 e. The third kappa shape index (κ3) is 6.10. The van der Waals surface area contributed by atoms with E-state index < -0.39 is 12.0 Å². The van der Waals surface area contributed by atoms with Crippen molar-refractivity contribution in [2.75, 3.05) is 33.4 Å². The lowest BCUT2D eigenvalue weighted by Gasteiger charge is -2.40. The number of aliphatic hydroxyl groups is 1. The first-order chi connectivity index (χ1) is 17.3. The lowest BCUT2D eigenvalue weighted by atomic mass is 9.74. The second kappa shape index (κ2) is 11.7. The average molecular weight is 533 g/mol. The Kier molecular flexibility index (Phi) is 8.69. The van der Waals surface area contributed by atoms with E-state index in [0.717, 1.165) is 25.9 Å². The van der Waals surface area contributed by atoms with Crippen LogP contribution in [0.3, 0.4) is 0 Å². The molecule has 0 unspecified atom stereocenters. The number of alkyl halides is 1. The van der Waals surface area contributed by atoms with Crippen molar-refractivity contribution in [2.24, 2.45) is 5.41 Å². The lowest BCUT2D eigenvalue weighted by Crippen LogP contribution is -2.42. The minimum absolute atomic E-state index is 0.00192. The van der Waals surface area contributed by atoms with Gasteiger partial charge in [0, 0.05) is 29.3 Å². The lowest BCUT2D eigenvalue weighted by molar-refractivity contribution is 0.0344. The van der Waals surface area contributed by atoms with Gasteiger partial charge in [0.2, 0.25) is 0 Å². The highest BCUT2D eigenvalue weighted by atomic mass is 35.5. The molecule has 2 heterocycles. The largest absolute Gasteiger partial charge is 0.497 e. The standard InChI is InChI=1S/C28H28Cl2F2N2O2/c1-36-20-5-7-26-21(16-20)27(23(30)17-33-26)24(31)8-9-28(18-35)10-13-34(14-11-28)12-2-3-19-4-6-22(29)25(32)15-19/h4-7,15-17,24,35H,8-14,18H2,1H3/t24-/m0/s1. The highest BCUT2D eigenvalue weighted by Gasteiger charge is 2.35. The predicted octanol–water partition coefficient (Wildman–Crippen LogP) is 6.61. The van der Waals surface area contributed by atoms with Crippen LogP contribution in [-0.2, 0) is 0 Å². The zero-order valence-corrected chi connectivity index (χ0v) is 21.5. The quantitative estimate of drug-likeness (QED) is 0.348. The Hall–Kier alpha value is -2.43. The summed E-state index contributed by atoms with van der Waals surface area (Å²) in [7, 11) is 1.56. The number of likely N-dealkylation sites (tertiary alicyclic amines) is 1. The molecule has 1 aromatic heterocycles. The van der Waals surface area contributed by atoms with E-state index in [1.54, 1.807) is 31.4 Å². The van der Waals surface area contributed by atoms with Crippen LogP contribution in [0.1, 0.15) is 43.0 Å². The van der Waals surface area contributed by atoms with Crippen molar-refractivity contribution in [1.29, 1.82) is 0 Å². The Morgan fingerprint density at radius 2 is 1.94 bits per heavy atom. The zero-order valence-electron chi connectivity index (χ0n) is 20.0. The Labute approximate surface area is 220 Å². The number of methoxy groups -OCH3 is 1. The fourth-order valence-electron chi connectivity index (χ4n) is 4.69. The molecule has 1 N–H and O–H groups in total. The molecule has 1 fully saturated rings. The minimum Gasteiger partial charge on any atom is -0.497 e. The van der Waals surface area contributed by atoms with Gasteiger partial charge in [0.1, 0.15) is 17.7 Å². The van der Waals surface area contributed by atoms with Gasteiger partial charge in [-0.1, -0.05) is 35.0 Å². The second-order valence-electron chi connectivity index (χ2n) is 9.27. The number of halogens is 4. The molecule has 190 valence electrons. The van der Waals surface area contributed by atoms with Crippen molar-refractivity contribution < 1.29 is 18.6 Å². The molecule has 2 aromatic carbocycles. The van der Waals surface area contributed by atoms with Crippen LogP contribution in [0.15, 0.2) is 42.6 Å². The summed E-state index contributed by atoms with van der Waals surface area (Å²) >= 11 is 12.1. The van der Waals surface area contributed by atoms with E-state index in [4.69, 9.17) is 27.9 Å². The van der Waals surface area contributed by atoms with Gasteiger partial charge in [0.25, 0.3) is 0 Å². The number of aromatic nitrogens is 1. The van der Waals surface area contributed by atoms with Crippen LogP contribution < -0.4 is 4.74 Å². The van der Waals surface area contributed by atoms with Gasteiger partial charge < -0.3 is 9.84 Å². The topological polar surface area (TPSA) is 45.6 Å². The maximum absolute atomic E-state index is 15.6. The molecule has 3 aromatic rings. The Balaban J connectivity index is 1.37. The van der Waals surface area contributed by atoms with E-state index in [-0.39, 0.29) is 28.5 Å². The van der Waals surface area contributed by atoms with Gasteiger partial charge in [-0.05, 0) is 80.6 Å². The van der Waals surface area contributed by atoms with Crippen LogP contribution in [0.25, 0.3) is 10.9 Å². The van der Waals surface area contributed by atoms with Crippen LogP contribution >= 0.6 is 23.2 Å². The number of rotatable bonds is 7. The predicted molar refractivity (Wildman–Crippen MR) is 140 cm³/mol. The SMILES string of the molecule is COc1ccc2ncc(Cl)c([C@@H](F)CCC3(CO)CCN(CC#Cc4ccc(Cl)c(F)c4)CC3)c2c1. The molecule has 36 heavy (non-hydrogen) atoms. The summed E-state index contributed by atoms with van der Waals surface area (Å²) in [6.45, 7) is 2.04. The molecule has 1 atom stereocenters. The summed E-state index contributed by atoms with van der Waals surface area (Å²) in [6.07, 6.45) is 2.47. The van der Waals surface area contributed by atoms with Crippen LogP contribution in [0.5, 0.6) is 5.75 Å². The first-order valence-electron chi connectivity index (χ1n) is 11.9. The van der Waals surface area contributed by atoms with Crippen molar-refractivity contribution >= 4 is 34.1 Å². The molecule has 1 aliphatic rings. The van der Waals surface area contributed by atoms with Crippen molar-refractivity contribution in [1.82, 2.24) is 9.88 Å². The number of benzene rings is 2. The highest BCUT2D eigenvalue weighted by molar-refractivity contribution is 6.32. The van der Waals surface area contributed by atoms with E-state index >= 15 is 4.39 Å². The summed E-state index contributed by atoms with van der Waals surface area (Å²) in [5, 5.41) is 11.2. The maximum atomic E-state index is 15.6. The molecular weight excluding hydrogens is 505 g/mol. The maximum Gasteiger partial charge on any atom is 0.143 e. The van der Waals surface area contributed by atoms with E-state index in [1.807, 2.05) is 0 Å². The van der Waals surface area contributed by atoms with Crippen molar-refractivity contribution in [3.63, 3.8) is 0 Å². The molecule has 4 rings (SSSR count). The Morgan fingerprint density at radius 1 is 1.17 bits per heavy atom. The molecule has 0 aliphatic carbocycles. The number of aliphatic hydroxyl groups excluding tert-OH is 1. The number of pyridine rings is 1. The number of hydrogen-bond donors (Lipinski definition) is 1. The highest BCUT2D eigenvalue weighted by Crippen LogP contribution is 2.41. The average Bonchev–Trinajstić information content (AvgIpc) is 2.89. The Morgan fingerprint density at radius 3 is 2.64 bits per heavy atom. The summed E-state index contributed by atoms with van der Waals surface area (Å²) in [4.78, 5) is 6.50. The van der Waals surface area contributed by atoms with Gasteiger partial charge in [-0.25, -0.2) is 8.78 Å². The number of hydrogen-bond acceptors (Lipinski definition) is 4. The molecule has 1 saturated heterocycles. The molecule has 4 nitrogen and oxygen atoms in total. The molecule has 1 aliphatic heterocycles. The monoisotopic (exact) mass is 532 g/mol. The molecule has 0 bridgehead atoms. The minimum atomic E-state index is -1.29. The van der Waals surface area contributed by atoms with Crippen LogP contribution in [0, 0.1) is 23.1 Å². The van der Waals surface area contributed by atoms with E-state index in [0.29, 0.717) is 40.7 Å². The summed E-state index contributed by atoms with van der Waals surface area (Å²) in [5.74, 6) is 6.17. The van der Waals surface area contributed by atoms with Gasteiger partial charge in [0.15, 0.2) is 0 Å². The third-order valence-corrected chi connectivity index (χ3v) is 7.62. The van der Waals surface area contributed by atoms with Crippen molar-refractivity contribution in [3.05, 3.63) is 69.6 Å². The van der Waals surface area contributed by atoms with E-state index in [9.17, 15) is 9.50 Å². The molecule has 0 amide bonds. The van der Waals surface area contributed by atoms with Gasteiger partial charge in [-0.2, -0.15) is 0 Å². The van der Waals surface area contributed by atoms with Crippen molar-refractivity contribution in [2.45, 2.75) is 31.9 Å². The van der Waals surface area contributed by atoms with Crippen LogP contribution in [-0.4, -0.2) is 48.3 Å². The number of fused-ring (bicyclic) bond motifs is 1. The molecule has 0 spiro atoms. The second-order valence-corrected chi connectivity index (χ2v) is 10.1. The van der Waals surface area contributed by atoms with E-state index in [2.05, 4.69) is 21.7 Å². The van der Waals surface area contributed by atoms with E-state index in [1.165, 1.54) is 18.3 Å². The number of nitrogens with zero attached hydrogens (tertiary/aromatic N) is 2. The Bertz CT molecular complexity index is 1280. The zero-order chi connectivity index (χ0) is 25.7. The summed E-state index contributed by atoms with van der Waals surface area (Å²) < 4.78 is 34.5. The molecular formula is C28H28Cl2F2N2O2. The van der Waals surface area contributed by atoms with Gasteiger partial charge >= 0.3 is 0 Å². The number of piperidine rings is 1. The summed E-state index contributed by atoms with van der Waals surface area (Å²) in [5.41, 5.74) is 1.30. The van der Waals surface area contributed by atoms with Crippen LogP contribution in [0.4, 0.5) is 8.78 Å². The molecule has 0 saturated carbocycles. The van der Waals surface area contributed by atoms with Gasteiger partial charge in [-0.3, -0.25) is 9.88 Å². The van der Waals surface area contributed by atoms with Crippen molar-refractivity contribution in [3.8, 4) is 17.6 Å². The molecule has 8 heteroatoms. The number of ether oxygens (including phenoxy) is 1. The first kappa shape index (κ1) is 26.6. The summed E-state index contributed by atoms with van der Waals surface area (Å²) in [6, 6.07) is 9.84. The van der Waals surface area contributed by atoms with Crippen LogP contribution in [0.2, 0.25) is 10.0 Å². The fraction of sp³-hybridized carbons (Fsp3) is 0.393. The third-order valence-electron chi connectivity index (χ3n) is 7.02. The van der Waals surface area contributed by atoms with Gasteiger partial charge in [-0.15, -0.1) is 0 Å². The normalized spacial score (nSPS) is 16.4.